The molecule has 2 unspecified atom stereocenters. The van der Waals surface area contributed by atoms with E-state index >= 15 is 0 Å². The lowest BCUT2D eigenvalue weighted by Gasteiger charge is -2.33. The van der Waals surface area contributed by atoms with Crippen molar-refractivity contribution in [2.24, 2.45) is 11.8 Å². The van der Waals surface area contributed by atoms with E-state index in [2.05, 4.69) is 9.88 Å². The van der Waals surface area contributed by atoms with Crippen LogP contribution < -0.4 is 4.90 Å². The molecule has 0 saturated carbocycles. The first kappa shape index (κ1) is 13.5. The number of amides is 1. The van der Waals surface area contributed by atoms with Gasteiger partial charge in [0.2, 0.25) is 5.91 Å². The number of fused-ring (bicyclic) bond motifs is 1. The third kappa shape index (κ3) is 2.41. The lowest BCUT2D eigenvalue weighted by Crippen LogP contribution is -2.45. The largest absolute Gasteiger partial charge is 0.472 e. The highest BCUT2D eigenvalue weighted by Gasteiger charge is 2.43. The molecule has 5 heteroatoms. The Morgan fingerprint density at radius 3 is 3.05 bits per heavy atom. The lowest BCUT2D eigenvalue weighted by atomic mass is 9.88. The second kappa shape index (κ2) is 5.57. The summed E-state index contributed by atoms with van der Waals surface area (Å²) in [5.41, 5.74) is 2.09. The average molecular weight is 297 g/mol. The molecule has 2 saturated heterocycles. The fourth-order valence-electron chi connectivity index (χ4n) is 3.68. The zero-order chi connectivity index (χ0) is 14.9. The molecule has 2 aliphatic rings. The molecule has 0 bridgehead atoms. The zero-order valence-corrected chi connectivity index (χ0v) is 12.4. The Balaban J connectivity index is 1.47. The Morgan fingerprint density at radius 1 is 1.32 bits per heavy atom. The molecule has 0 spiro atoms. The monoisotopic (exact) mass is 297 g/mol. The Kier molecular flexibility index (Phi) is 3.42. The smallest absolute Gasteiger partial charge is 0.231 e. The predicted molar refractivity (Wildman–Crippen MR) is 82.2 cm³/mol. The number of nitrogens with zero attached hydrogens (tertiary/aromatic N) is 3. The Bertz CT molecular complexity index is 641. The summed E-state index contributed by atoms with van der Waals surface area (Å²) in [6.07, 6.45) is 8.06. The third-order valence-electron chi connectivity index (χ3n) is 4.77. The van der Waals surface area contributed by atoms with Crippen molar-refractivity contribution in [2.75, 3.05) is 24.5 Å². The summed E-state index contributed by atoms with van der Waals surface area (Å²) >= 11 is 0. The van der Waals surface area contributed by atoms with Crippen LogP contribution in [-0.4, -0.2) is 35.4 Å². The predicted octanol–water partition coefficient (Wildman–Crippen LogP) is 2.16. The molecule has 0 N–H and O–H groups in total. The van der Waals surface area contributed by atoms with Crippen molar-refractivity contribution in [3.63, 3.8) is 0 Å². The van der Waals surface area contributed by atoms with Crippen molar-refractivity contribution in [2.45, 2.75) is 13.0 Å². The number of pyridine rings is 1. The zero-order valence-electron chi connectivity index (χ0n) is 12.4. The molecule has 114 valence electrons. The van der Waals surface area contributed by atoms with Crippen molar-refractivity contribution >= 4 is 11.6 Å². The highest BCUT2D eigenvalue weighted by Crippen LogP contribution is 2.34. The van der Waals surface area contributed by atoms with Crippen LogP contribution in [0.3, 0.4) is 0 Å². The molecular weight excluding hydrogens is 278 g/mol. The standard InChI is InChI=1S/C17H19N3O2/c21-17-16-11-19(9-13-4-7-22-12-13)10-14(16)3-6-20(17)15-2-1-5-18-8-15/h1-2,4-5,7-8,12,14,16H,3,6,9-11H2. The van der Waals surface area contributed by atoms with E-state index in [1.54, 1.807) is 24.9 Å². The van der Waals surface area contributed by atoms with Crippen LogP contribution >= 0.6 is 0 Å². The number of rotatable bonds is 3. The summed E-state index contributed by atoms with van der Waals surface area (Å²) in [4.78, 5) is 21.2. The van der Waals surface area contributed by atoms with E-state index in [0.29, 0.717) is 5.92 Å². The van der Waals surface area contributed by atoms with Gasteiger partial charge in [0.25, 0.3) is 0 Å². The second-order valence-electron chi connectivity index (χ2n) is 6.18. The number of hydrogen-bond acceptors (Lipinski definition) is 4. The first-order valence-electron chi connectivity index (χ1n) is 7.76. The van der Waals surface area contributed by atoms with Crippen LogP contribution in [0.1, 0.15) is 12.0 Å². The van der Waals surface area contributed by atoms with Gasteiger partial charge in [-0.2, -0.15) is 0 Å². The number of aromatic nitrogens is 1. The Hall–Kier alpha value is -2.14. The normalized spacial score (nSPS) is 25.5. The summed E-state index contributed by atoms with van der Waals surface area (Å²) in [5.74, 6) is 0.840. The van der Waals surface area contributed by atoms with E-state index in [9.17, 15) is 4.79 Å². The third-order valence-corrected chi connectivity index (χ3v) is 4.77. The minimum atomic E-state index is 0.112. The molecule has 4 heterocycles. The van der Waals surface area contributed by atoms with Gasteiger partial charge in [-0.05, 0) is 30.5 Å². The quantitative estimate of drug-likeness (QED) is 0.871. The Morgan fingerprint density at radius 2 is 2.27 bits per heavy atom. The van der Waals surface area contributed by atoms with Crippen molar-refractivity contribution in [3.05, 3.63) is 48.7 Å². The number of anilines is 1. The van der Waals surface area contributed by atoms with Crippen LogP contribution in [0.25, 0.3) is 0 Å². The first-order valence-corrected chi connectivity index (χ1v) is 7.76. The molecule has 2 atom stereocenters. The van der Waals surface area contributed by atoms with Gasteiger partial charge < -0.3 is 9.32 Å². The van der Waals surface area contributed by atoms with Gasteiger partial charge in [0.05, 0.1) is 30.3 Å². The molecule has 22 heavy (non-hydrogen) atoms. The average Bonchev–Trinajstić information content (AvgIpc) is 3.19. The summed E-state index contributed by atoms with van der Waals surface area (Å²) in [5, 5.41) is 0. The van der Waals surface area contributed by atoms with E-state index in [1.165, 1.54) is 5.56 Å². The Labute approximate surface area is 129 Å². The molecule has 0 radical (unpaired) electrons. The molecule has 2 aromatic rings. The molecule has 0 aromatic carbocycles. The van der Waals surface area contributed by atoms with E-state index in [-0.39, 0.29) is 11.8 Å². The summed E-state index contributed by atoms with van der Waals surface area (Å²) in [6, 6.07) is 5.84. The van der Waals surface area contributed by atoms with Gasteiger partial charge in [0.1, 0.15) is 0 Å². The van der Waals surface area contributed by atoms with Crippen molar-refractivity contribution < 1.29 is 9.21 Å². The maximum Gasteiger partial charge on any atom is 0.231 e. The number of hydrogen-bond donors (Lipinski definition) is 0. The number of furan rings is 1. The van der Waals surface area contributed by atoms with Crippen LogP contribution in [0.4, 0.5) is 5.69 Å². The highest BCUT2D eigenvalue weighted by atomic mass is 16.3. The van der Waals surface area contributed by atoms with E-state index in [4.69, 9.17) is 4.42 Å². The van der Waals surface area contributed by atoms with Gasteiger partial charge in [-0.1, -0.05) is 0 Å². The van der Waals surface area contributed by atoms with Crippen LogP contribution in [0.15, 0.2) is 47.5 Å². The fourth-order valence-corrected chi connectivity index (χ4v) is 3.68. The molecular formula is C17H19N3O2. The van der Waals surface area contributed by atoms with Crippen LogP contribution in [-0.2, 0) is 11.3 Å². The summed E-state index contributed by atoms with van der Waals surface area (Å²) in [6.45, 7) is 3.50. The molecule has 5 nitrogen and oxygen atoms in total. The van der Waals surface area contributed by atoms with E-state index in [0.717, 1.165) is 38.3 Å². The van der Waals surface area contributed by atoms with Gasteiger partial charge in [-0.15, -0.1) is 0 Å². The number of carbonyl (C=O) groups is 1. The van der Waals surface area contributed by atoms with Crippen molar-refractivity contribution in [1.29, 1.82) is 0 Å². The lowest BCUT2D eigenvalue weighted by molar-refractivity contribution is -0.124. The van der Waals surface area contributed by atoms with Crippen LogP contribution in [0, 0.1) is 11.8 Å². The second-order valence-corrected chi connectivity index (χ2v) is 6.18. The number of likely N-dealkylation sites (tertiary alicyclic amines) is 1. The molecule has 2 aliphatic heterocycles. The summed E-state index contributed by atoms with van der Waals surface area (Å²) < 4.78 is 5.13. The summed E-state index contributed by atoms with van der Waals surface area (Å²) in [7, 11) is 0. The van der Waals surface area contributed by atoms with Crippen LogP contribution in [0.2, 0.25) is 0 Å². The number of piperidine rings is 1. The molecule has 0 aliphatic carbocycles. The van der Waals surface area contributed by atoms with Crippen molar-refractivity contribution in [1.82, 2.24) is 9.88 Å². The minimum absolute atomic E-state index is 0.112. The maximum absolute atomic E-state index is 12.8. The molecule has 4 rings (SSSR count). The van der Waals surface area contributed by atoms with E-state index in [1.807, 2.05) is 23.1 Å². The van der Waals surface area contributed by atoms with Gasteiger partial charge in [-0.25, -0.2) is 0 Å². The van der Waals surface area contributed by atoms with Crippen molar-refractivity contribution in [3.8, 4) is 0 Å². The minimum Gasteiger partial charge on any atom is -0.472 e. The topological polar surface area (TPSA) is 49.6 Å². The van der Waals surface area contributed by atoms with Gasteiger partial charge in [0, 0.05) is 37.9 Å². The SMILES string of the molecule is O=C1C2CN(Cc3ccoc3)CC2CCN1c1cccnc1. The fraction of sp³-hybridized carbons (Fsp3) is 0.412. The van der Waals surface area contributed by atoms with Gasteiger partial charge >= 0.3 is 0 Å². The molecule has 2 fully saturated rings. The highest BCUT2D eigenvalue weighted by molar-refractivity contribution is 5.96. The van der Waals surface area contributed by atoms with E-state index < -0.39 is 0 Å². The first-order chi connectivity index (χ1) is 10.8. The van der Waals surface area contributed by atoms with Crippen LogP contribution in [0.5, 0.6) is 0 Å². The number of carbonyl (C=O) groups excluding carboxylic acids is 1. The molecule has 1 amide bonds. The maximum atomic E-state index is 12.8. The van der Waals surface area contributed by atoms with Gasteiger partial charge in [-0.3, -0.25) is 14.7 Å². The molecule has 2 aromatic heterocycles. The van der Waals surface area contributed by atoms with Gasteiger partial charge in [0.15, 0.2) is 0 Å².